The summed E-state index contributed by atoms with van der Waals surface area (Å²) in [5.74, 6) is -0.958. The van der Waals surface area contributed by atoms with Crippen LogP contribution in [-0.2, 0) is 10.0 Å². The van der Waals surface area contributed by atoms with Crippen LogP contribution in [0.15, 0.2) is 42.5 Å². The first-order valence-corrected chi connectivity index (χ1v) is 11.2. The topological polar surface area (TPSA) is 136 Å². The summed E-state index contributed by atoms with van der Waals surface area (Å²) in [6, 6.07) is 9.76. The number of amides is 2. The van der Waals surface area contributed by atoms with E-state index in [0.717, 1.165) is 12.3 Å². The molecule has 3 rings (SSSR count). The van der Waals surface area contributed by atoms with Crippen LogP contribution in [0.25, 0.3) is 0 Å². The van der Waals surface area contributed by atoms with Crippen LogP contribution < -0.4 is 10.0 Å². The predicted octanol–water partition coefficient (Wildman–Crippen LogP) is 1.50. The molecular weight excluding hydrogens is 410 g/mol. The Morgan fingerprint density at radius 3 is 2.07 bits per heavy atom. The Kier molecular flexibility index (Phi) is 6.16. The van der Waals surface area contributed by atoms with E-state index in [-0.39, 0.29) is 29.0 Å². The fourth-order valence-corrected chi connectivity index (χ4v) is 3.86. The van der Waals surface area contributed by atoms with Crippen LogP contribution >= 0.6 is 0 Å². The molecule has 10 heteroatoms. The number of nitrogens with one attached hydrogen (secondary N) is 2. The molecule has 2 amide bonds. The predicted molar refractivity (Wildman–Crippen MR) is 111 cm³/mol. The smallest absolute Gasteiger partial charge is 0.253 e. The molecule has 4 N–H and O–H groups in total. The van der Waals surface area contributed by atoms with Crippen molar-refractivity contribution in [2.24, 2.45) is 0 Å². The second-order valence-electron chi connectivity index (χ2n) is 7.23. The standard InChI is InChI=1S/C20H23N3O6S/c1-30(28,29)22-16-4-2-13(3-5-16)20(27)23-8-6-15(7-9-23)21-19(26)14-10-17(24)12-18(25)11-14/h2-5,10-12,15,22,24-25H,6-9H2,1H3,(H,21,26). The van der Waals surface area contributed by atoms with Gasteiger partial charge < -0.3 is 20.4 Å². The molecule has 30 heavy (non-hydrogen) atoms. The summed E-state index contributed by atoms with van der Waals surface area (Å²) in [4.78, 5) is 26.7. The van der Waals surface area contributed by atoms with Gasteiger partial charge in [0.15, 0.2) is 0 Å². The SMILES string of the molecule is CS(=O)(=O)Nc1ccc(C(=O)N2CCC(NC(=O)c3cc(O)cc(O)c3)CC2)cc1. The molecule has 0 aliphatic carbocycles. The first-order valence-electron chi connectivity index (χ1n) is 9.32. The van der Waals surface area contributed by atoms with E-state index in [4.69, 9.17) is 0 Å². The molecule has 1 heterocycles. The normalized spacial score (nSPS) is 14.9. The quantitative estimate of drug-likeness (QED) is 0.564. The maximum atomic E-state index is 12.7. The first-order chi connectivity index (χ1) is 14.1. The summed E-state index contributed by atoms with van der Waals surface area (Å²) in [6.07, 6.45) is 2.18. The lowest BCUT2D eigenvalue weighted by molar-refractivity contribution is 0.0698. The molecule has 2 aromatic carbocycles. The average Bonchev–Trinajstić information content (AvgIpc) is 2.66. The van der Waals surface area contributed by atoms with Gasteiger partial charge in [0, 0.05) is 42.0 Å². The van der Waals surface area contributed by atoms with Gasteiger partial charge in [0.2, 0.25) is 10.0 Å². The Bertz CT molecular complexity index is 1020. The highest BCUT2D eigenvalue weighted by atomic mass is 32.2. The summed E-state index contributed by atoms with van der Waals surface area (Å²) in [5, 5.41) is 21.9. The molecule has 1 aliphatic rings. The van der Waals surface area contributed by atoms with Crippen LogP contribution in [0.1, 0.15) is 33.6 Å². The molecular formula is C20H23N3O6S. The Balaban J connectivity index is 1.54. The van der Waals surface area contributed by atoms with Gasteiger partial charge in [-0.25, -0.2) is 8.42 Å². The van der Waals surface area contributed by atoms with Crippen molar-refractivity contribution >= 4 is 27.5 Å². The number of anilines is 1. The molecule has 1 aliphatic heterocycles. The number of phenolic OH excluding ortho intramolecular Hbond substituents is 2. The number of piperidine rings is 1. The number of likely N-dealkylation sites (tertiary alicyclic amines) is 1. The van der Waals surface area contributed by atoms with Gasteiger partial charge in [-0.1, -0.05) is 0 Å². The van der Waals surface area contributed by atoms with Crippen molar-refractivity contribution < 1.29 is 28.2 Å². The molecule has 2 aromatic rings. The van der Waals surface area contributed by atoms with Crippen molar-refractivity contribution in [3.63, 3.8) is 0 Å². The lowest BCUT2D eigenvalue weighted by atomic mass is 10.0. The van der Waals surface area contributed by atoms with E-state index >= 15 is 0 Å². The average molecular weight is 433 g/mol. The van der Waals surface area contributed by atoms with E-state index < -0.39 is 15.9 Å². The lowest BCUT2D eigenvalue weighted by Gasteiger charge is -2.32. The van der Waals surface area contributed by atoms with Crippen LogP contribution in [0.2, 0.25) is 0 Å². The third-order valence-corrected chi connectivity index (χ3v) is 5.32. The van der Waals surface area contributed by atoms with Crippen molar-refractivity contribution in [3.05, 3.63) is 53.6 Å². The third-order valence-electron chi connectivity index (χ3n) is 4.72. The minimum atomic E-state index is -3.38. The molecule has 0 saturated carbocycles. The molecule has 9 nitrogen and oxygen atoms in total. The second-order valence-corrected chi connectivity index (χ2v) is 8.98. The number of carbonyl (C=O) groups excluding carboxylic acids is 2. The maximum Gasteiger partial charge on any atom is 0.253 e. The molecule has 160 valence electrons. The summed E-state index contributed by atoms with van der Waals surface area (Å²) in [5.41, 5.74) is 0.994. The van der Waals surface area contributed by atoms with Crippen molar-refractivity contribution in [1.82, 2.24) is 10.2 Å². The van der Waals surface area contributed by atoms with Gasteiger partial charge in [0.1, 0.15) is 11.5 Å². The molecule has 0 unspecified atom stereocenters. The van der Waals surface area contributed by atoms with Gasteiger partial charge in [-0.15, -0.1) is 0 Å². The minimum absolute atomic E-state index is 0.132. The molecule has 0 radical (unpaired) electrons. The number of benzene rings is 2. The first kappa shape index (κ1) is 21.4. The molecule has 1 saturated heterocycles. The molecule has 0 aromatic heterocycles. The number of rotatable bonds is 5. The number of sulfonamides is 1. The van der Waals surface area contributed by atoms with E-state index in [1.165, 1.54) is 24.3 Å². The summed E-state index contributed by atoms with van der Waals surface area (Å²) in [6.45, 7) is 0.914. The molecule has 0 bridgehead atoms. The lowest BCUT2D eigenvalue weighted by Crippen LogP contribution is -2.46. The van der Waals surface area contributed by atoms with E-state index in [1.807, 2.05) is 0 Å². The zero-order valence-electron chi connectivity index (χ0n) is 16.3. The number of phenols is 2. The van der Waals surface area contributed by atoms with Gasteiger partial charge >= 0.3 is 0 Å². The fraction of sp³-hybridized carbons (Fsp3) is 0.300. The molecule has 0 atom stereocenters. The fourth-order valence-electron chi connectivity index (χ4n) is 3.30. The molecule has 1 fully saturated rings. The van der Waals surface area contributed by atoms with Crippen LogP contribution in [-0.4, -0.2) is 60.7 Å². The zero-order valence-corrected chi connectivity index (χ0v) is 17.1. The van der Waals surface area contributed by atoms with Gasteiger partial charge in [-0.3, -0.25) is 14.3 Å². The number of hydrogen-bond acceptors (Lipinski definition) is 6. The van der Waals surface area contributed by atoms with Crippen LogP contribution in [0.5, 0.6) is 11.5 Å². The maximum absolute atomic E-state index is 12.7. The Labute approximate surface area is 174 Å². The summed E-state index contributed by atoms with van der Waals surface area (Å²) < 4.78 is 24.9. The Morgan fingerprint density at radius 2 is 1.53 bits per heavy atom. The highest BCUT2D eigenvalue weighted by Crippen LogP contribution is 2.21. The number of carbonyl (C=O) groups is 2. The highest BCUT2D eigenvalue weighted by Gasteiger charge is 2.25. The van der Waals surface area contributed by atoms with Crippen molar-refractivity contribution in [3.8, 4) is 11.5 Å². The number of hydrogen-bond donors (Lipinski definition) is 4. The van der Waals surface area contributed by atoms with Crippen LogP contribution in [0.4, 0.5) is 5.69 Å². The van der Waals surface area contributed by atoms with E-state index in [9.17, 15) is 28.2 Å². The van der Waals surface area contributed by atoms with Crippen LogP contribution in [0.3, 0.4) is 0 Å². The van der Waals surface area contributed by atoms with Crippen molar-refractivity contribution in [2.75, 3.05) is 24.1 Å². The Morgan fingerprint density at radius 1 is 0.967 bits per heavy atom. The van der Waals surface area contributed by atoms with E-state index in [2.05, 4.69) is 10.0 Å². The second kappa shape index (κ2) is 8.62. The Hall–Kier alpha value is -3.27. The third kappa shape index (κ3) is 5.63. The van der Waals surface area contributed by atoms with Crippen molar-refractivity contribution in [2.45, 2.75) is 18.9 Å². The van der Waals surface area contributed by atoms with Gasteiger partial charge in [0.25, 0.3) is 11.8 Å². The largest absolute Gasteiger partial charge is 0.508 e. The van der Waals surface area contributed by atoms with E-state index in [1.54, 1.807) is 17.0 Å². The summed E-state index contributed by atoms with van der Waals surface area (Å²) in [7, 11) is -3.38. The number of aromatic hydroxyl groups is 2. The van der Waals surface area contributed by atoms with Crippen molar-refractivity contribution in [1.29, 1.82) is 0 Å². The monoisotopic (exact) mass is 433 g/mol. The van der Waals surface area contributed by atoms with Gasteiger partial charge in [-0.05, 0) is 49.2 Å². The highest BCUT2D eigenvalue weighted by molar-refractivity contribution is 7.92. The minimum Gasteiger partial charge on any atom is -0.508 e. The summed E-state index contributed by atoms with van der Waals surface area (Å²) >= 11 is 0. The molecule has 0 spiro atoms. The zero-order chi connectivity index (χ0) is 21.9. The number of nitrogens with zero attached hydrogens (tertiary/aromatic N) is 1. The van der Waals surface area contributed by atoms with Gasteiger partial charge in [0.05, 0.1) is 6.26 Å². The van der Waals surface area contributed by atoms with Crippen LogP contribution in [0, 0.1) is 0 Å². The van der Waals surface area contributed by atoms with Gasteiger partial charge in [-0.2, -0.15) is 0 Å². The van der Waals surface area contributed by atoms with E-state index in [0.29, 0.717) is 37.2 Å².